The van der Waals surface area contributed by atoms with Gasteiger partial charge in [0.15, 0.2) is 5.12 Å². The van der Waals surface area contributed by atoms with Crippen LogP contribution < -0.4 is 0 Å². The number of hydrogen-bond acceptors (Lipinski definition) is 3. The average molecular weight is 234 g/mol. The van der Waals surface area contributed by atoms with E-state index in [-0.39, 0.29) is 10.9 Å². The second-order valence-electron chi connectivity index (χ2n) is 3.39. The van der Waals surface area contributed by atoms with Gasteiger partial charge in [0.25, 0.3) is 0 Å². The molecule has 16 heavy (non-hydrogen) atoms. The van der Waals surface area contributed by atoms with Crippen LogP contribution >= 0.6 is 11.8 Å². The normalized spacial score (nSPS) is 9.38. The highest BCUT2D eigenvalue weighted by molar-refractivity contribution is 8.13. The Kier molecular flexibility index (Phi) is 4.94. The van der Waals surface area contributed by atoms with Gasteiger partial charge in [-0.2, -0.15) is 0 Å². The minimum atomic E-state index is 0.120. The van der Waals surface area contributed by atoms with E-state index in [1.54, 1.807) is 13.0 Å². The Morgan fingerprint density at radius 2 is 2.25 bits per heavy atom. The first-order chi connectivity index (χ1) is 7.59. The van der Waals surface area contributed by atoms with E-state index in [0.717, 1.165) is 16.9 Å². The Balaban J connectivity index is 2.50. The minimum absolute atomic E-state index is 0.120. The quantitative estimate of drug-likeness (QED) is 0.631. The molecule has 0 saturated heterocycles. The molecule has 0 radical (unpaired) electrons. The van der Waals surface area contributed by atoms with Crippen LogP contribution in [0.15, 0.2) is 18.2 Å². The lowest BCUT2D eigenvalue weighted by molar-refractivity contribution is -0.109. The SMILES string of the molecule is CC(=O)SCCC#Cc1ccc(C)c(O)c1. The lowest BCUT2D eigenvalue weighted by Crippen LogP contribution is -1.84. The van der Waals surface area contributed by atoms with Crippen molar-refractivity contribution in [3.05, 3.63) is 29.3 Å². The maximum atomic E-state index is 10.6. The monoisotopic (exact) mass is 234 g/mol. The van der Waals surface area contributed by atoms with E-state index in [4.69, 9.17) is 0 Å². The molecule has 0 spiro atoms. The highest BCUT2D eigenvalue weighted by Crippen LogP contribution is 2.16. The number of benzene rings is 1. The molecule has 84 valence electrons. The topological polar surface area (TPSA) is 37.3 Å². The molecule has 1 aromatic rings. The predicted octanol–water partition coefficient (Wildman–Crippen LogP) is 2.72. The van der Waals surface area contributed by atoms with Crippen LogP contribution in [-0.2, 0) is 4.79 Å². The van der Waals surface area contributed by atoms with Crippen LogP contribution in [0.3, 0.4) is 0 Å². The molecule has 0 aliphatic heterocycles. The summed E-state index contributed by atoms with van der Waals surface area (Å²) in [7, 11) is 0. The molecule has 0 saturated carbocycles. The van der Waals surface area contributed by atoms with Crippen molar-refractivity contribution < 1.29 is 9.90 Å². The highest BCUT2D eigenvalue weighted by Gasteiger charge is 1.95. The van der Waals surface area contributed by atoms with Crippen molar-refractivity contribution in [3.8, 4) is 17.6 Å². The Morgan fingerprint density at radius 3 is 2.88 bits per heavy atom. The van der Waals surface area contributed by atoms with Gasteiger partial charge in [0.2, 0.25) is 0 Å². The molecule has 0 aliphatic carbocycles. The molecule has 3 heteroatoms. The predicted molar refractivity (Wildman–Crippen MR) is 67.5 cm³/mol. The number of carbonyl (C=O) groups is 1. The number of carbonyl (C=O) groups excluding carboxylic acids is 1. The van der Waals surface area contributed by atoms with Crippen LogP contribution in [0.25, 0.3) is 0 Å². The van der Waals surface area contributed by atoms with Gasteiger partial charge in [0.1, 0.15) is 5.75 Å². The van der Waals surface area contributed by atoms with Gasteiger partial charge < -0.3 is 5.11 Å². The van der Waals surface area contributed by atoms with Gasteiger partial charge >= 0.3 is 0 Å². The highest BCUT2D eigenvalue weighted by atomic mass is 32.2. The molecule has 1 aromatic carbocycles. The van der Waals surface area contributed by atoms with E-state index in [2.05, 4.69) is 11.8 Å². The first-order valence-corrected chi connectivity index (χ1v) is 6.00. The van der Waals surface area contributed by atoms with Crippen LogP contribution in [0.1, 0.15) is 24.5 Å². The Hall–Kier alpha value is -1.40. The molecule has 0 amide bonds. The second kappa shape index (κ2) is 6.24. The fraction of sp³-hybridized carbons (Fsp3) is 0.308. The van der Waals surface area contributed by atoms with Gasteiger partial charge in [-0.15, -0.1) is 0 Å². The zero-order chi connectivity index (χ0) is 12.0. The molecular weight excluding hydrogens is 220 g/mol. The van der Waals surface area contributed by atoms with Crippen LogP contribution in [0.2, 0.25) is 0 Å². The van der Waals surface area contributed by atoms with Crippen molar-refractivity contribution in [1.29, 1.82) is 0 Å². The number of aryl methyl sites for hydroxylation is 1. The van der Waals surface area contributed by atoms with Crippen molar-refractivity contribution in [2.24, 2.45) is 0 Å². The molecule has 0 aliphatic rings. The average Bonchev–Trinajstić information content (AvgIpc) is 2.22. The molecule has 0 unspecified atom stereocenters. The summed E-state index contributed by atoms with van der Waals surface area (Å²) < 4.78 is 0. The summed E-state index contributed by atoms with van der Waals surface area (Å²) in [5, 5.41) is 9.58. The minimum Gasteiger partial charge on any atom is -0.508 e. The number of rotatable bonds is 2. The standard InChI is InChI=1S/C13H14O2S/c1-10-6-7-12(9-13(10)15)5-3-4-8-16-11(2)14/h6-7,9,15H,4,8H2,1-2H3. The van der Waals surface area contributed by atoms with Crippen LogP contribution in [0.4, 0.5) is 0 Å². The van der Waals surface area contributed by atoms with Gasteiger partial charge in [0, 0.05) is 24.7 Å². The number of phenolic OH excluding ortho intramolecular Hbond substituents is 1. The summed E-state index contributed by atoms with van der Waals surface area (Å²) in [6.07, 6.45) is 0.679. The maximum Gasteiger partial charge on any atom is 0.185 e. The maximum absolute atomic E-state index is 10.6. The summed E-state index contributed by atoms with van der Waals surface area (Å²) >= 11 is 1.28. The van der Waals surface area contributed by atoms with E-state index in [9.17, 15) is 9.90 Å². The van der Waals surface area contributed by atoms with Crippen LogP contribution in [-0.4, -0.2) is 16.0 Å². The fourth-order valence-electron chi connectivity index (χ4n) is 1.10. The largest absolute Gasteiger partial charge is 0.508 e. The van der Waals surface area contributed by atoms with E-state index in [1.165, 1.54) is 11.8 Å². The summed E-state index contributed by atoms with van der Waals surface area (Å²) in [5.74, 6) is 6.91. The third-order valence-electron chi connectivity index (χ3n) is 1.97. The van der Waals surface area contributed by atoms with Crippen molar-refractivity contribution in [2.75, 3.05) is 5.75 Å². The molecule has 0 atom stereocenters. The molecule has 0 bridgehead atoms. The summed E-state index contributed by atoms with van der Waals surface area (Å²) in [5.41, 5.74) is 1.65. The van der Waals surface area contributed by atoms with Gasteiger partial charge in [-0.05, 0) is 24.6 Å². The van der Waals surface area contributed by atoms with Gasteiger partial charge in [0.05, 0.1) is 0 Å². The van der Waals surface area contributed by atoms with Crippen molar-refractivity contribution in [2.45, 2.75) is 20.3 Å². The molecule has 0 aromatic heterocycles. The number of thioether (sulfide) groups is 1. The summed E-state index contributed by atoms with van der Waals surface area (Å²) in [6, 6.07) is 5.37. The van der Waals surface area contributed by atoms with Gasteiger partial charge in [-0.1, -0.05) is 29.7 Å². The first kappa shape index (κ1) is 12.7. The third-order valence-corrected chi connectivity index (χ3v) is 2.79. The molecule has 0 heterocycles. The van der Waals surface area contributed by atoms with Crippen LogP contribution in [0, 0.1) is 18.8 Å². The van der Waals surface area contributed by atoms with Crippen LogP contribution in [0.5, 0.6) is 5.75 Å². The van der Waals surface area contributed by atoms with Gasteiger partial charge in [-0.3, -0.25) is 4.79 Å². The van der Waals surface area contributed by atoms with Crippen molar-refractivity contribution in [3.63, 3.8) is 0 Å². The zero-order valence-electron chi connectivity index (χ0n) is 9.41. The van der Waals surface area contributed by atoms with E-state index >= 15 is 0 Å². The summed E-state index contributed by atoms with van der Waals surface area (Å²) in [6.45, 7) is 3.39. The van der Waals surface area contributed by atoms with Gasteiger partial charge in [-0.25, -0.2) is 0 Å². The lowest BCUT2D eigenvalue weighted by Gasteiger charge is -1.97. The first-order valence-electron chi connectivity index (χ1n) is 5.01. The molecular formula is C13H14O2S. The molecule has 1 rings (SSSR count). The third kappa shape index (κ3) is 4.41. The van der Waals surface area contributed by atoms with E-state index in [1.807, 2.05) is 19.1 Å². The van der Waals surface area contributed by atoms with E-state index < -0.39 is 0 Å². The summed E-state index contributed by atoms with van der Waals surface area (Å²) in [4.78, 5) is 10.6. The lowest BCUT2D eigenvalue weighted by atomic mass is 10.1. The zero-order valence-corrected chi connectivity index (χ0v) is 10.2. The number of aromatic hydroxyl groups is 1. The molecule has 0 fully saturated rings. The Morgan fingerprint density at radius 1 is 1.50 bits per heavy atom. The van der Waals surface area contributed by atoms with Crippen molar-refractivity contribution >= 4 is 16.9 Å². The Bertz CT molecular complexity index is 441. The molecule has 2 nitrogen and oxygen atoms in total. The second-order valence-corrected chi connectivity index (χ2v) is 4.66. The van der Waals surface area contributed by atoms with E-state index in [0.29, 0.717) is 6.42 Å². The van der Waals surface area contributed by atoms with Crippen molar-refractivity contribution in [1.82, 2.24) is 0 Å². The smallest absolute Gasteiger partial charge is 0.185 e. The fourth-order valence-corrected chi connectivity index (χ4v) is 1.59. The molecule has 1 N–H and O–H groups in total. The Labute approximate surface area is 100 Å². The number of hydrogen-bond donors (Lipinski definition) is 1. The number of phenols is 1.